The van der Waals surface area contributed by atoms with Crippen molar-refractivity contribution in [2.75, 3.05) is 0 Å². The maximum Gasteiger partial charge on any atom is 0.340 e. The minimum Gasteiger partial charge on any atom is -0.457 e. The number of ketones is 4. The second-order valence-electron chi connectivity index (χ2n) is 19.8. The zero-order valence-corrected chi connectivity index (χ0v) is 39.0. The molecule has 12 rings (SSSR count). The number of esters is 2. The molecule has 4 aromatic carbocycles. The summed E-state index contributed by atoms with van der Waals surface area (Å²) in [6, 6.07) is 21.9. The highest BCUT2D eigenvalue weighted by atomic mass is 32.1. The van der Waals surface area contributed by atoms with Gasteiger partial charge in [-0.05, 0) is 72.6 Å². The van der Waals surface area contributed by atoms with Gasteiger partial charge >= 0.3 is 11.9 Å². The first-order chi connectivity index (χ1) is 33.2. The SMILES string of the molecule is O=C(OCc1ccccc1)c1cc2c(cc(C(=O)OCc3ccccc3)c3nc(N=C4C(=O)C5CC6CCCCC6CC5C4=O)sc32)c2sc(N=C3C(=O)C4CC5CCCCC5CC4C3=O)nc12. The molecule has 344 valence electrons. The largest absolute Gasteiger partial charge is 0.457 e. The lowest BCUT2D eigenvalue weighted by molar-refractivity contribution is -0.123. The quantitative estimate of drug-likeness (QED) is 0.134. The molecule has 0 N–H and O–H groups in total. The predicted molar refractivity (Wildman–Crippen MR) is 259 cm³/mol. The Kier molecular flexibility index (Phi) is 11.1. The summed E-state index contributed by atoms with van der Waals surface area (Å²) in [5, 5.41) is 1.30. The van der Waals surface area contributed by atoms with Gasteiger partial charge in [-0.3, -0.25) is 19.2 Å². The Bertz CT molecular complexity index is 2900. The topological polar surface area (TPSA) is 171 Å². The second-order valence-corrected chi connectivity index (χ2v) is 21.7. The molecule has 0 bridgehead atoms. The van der Waals surface area contributed by atoms with E-state index in [2.05, 4.69) is 0 Å². The summed E-state index contributed by atoms with van der Waals surface area (Å²) >= 11 is 2.23. The Balaban J connectivity index is 0.991. The van der Waals surface area contributed by atoms with Gasteiger partial charge in [-0.1, -0.05) is 135 Å². The minimum atomic E-state index is -0.665. The van der Waals surface area contributed by atoms with E-state index < -0.39 is 11.9 Å². The first-order valence-corrected chi connectivity index (χ1v) is 25.8. The zero-order valence-electron chi connectivity index (χ0n) is 37.3. The highest BCUT2D eigenvalue weighted by molar-refractivity contribution is 7.24. The second kappa shape index (κ2) is 17.4. The summed E-state index contributed by atoms with van der Waals surface area (Å²) in [6.45, 7) is -0.0246. The molecule has 12 nitrogen and oxygen atoms in total. The molecule has 6 aromatic rings. The molecule has 2 aromatic heterocycles. The van der Waals surface area contributed by atoms with Crippen molar-refractivity contribution in [2.24, 2.45) is 57.3 Å². The normalized spacial score (nSPS) is 26.7. The molecule has 6 aliphatic rings. The molecule has 6 aliphatic carbocycles. The smallest absolute Gasteiger partial charge is 0.340 e. The van der Waals surface area contributed by atoms with Crippen LogP contribution in [-0.2, 0) is 41.9 Å². The Hall–Kier alpha value is -6.12. The van der Waals surface area contributed by atoms with Crippen LogP contribution in [0.25, 0.3) is 31.2 Å². The van der Waals surface area contributed by atoms with Crippen LogP contribution in [0.5, 0.6) is 0 Å². The van der Waals surface area contributed by atoms with Gasteiger partial charge in [0.05, 0.1) is 31.6 Å². The molecule has 0 saturated heterocycles. The van der Waals surface area contributed by atoms with E-state index in [0.29, 0.717) is 69.5 Å². The van der Waals surface area contributed by atoms with E-state index in [1.165, 1.54) is 0 Å². The summed E-state index contributed by atoms with van der Waals surface area (Å²) in [4.78, 5) is 104. The molecule has 6 saturated carbocycles. The maximum absolute atomic E-state index is 14.3. The van der Waals surface area contributed by atoms with E-state index in [1.54, 1.807) is 12.1 Å². The monoisotopic (exact) mass is 944 g/mol. The van der Waals surface area contributed by atoms with Crippen LogP contribution in [0.3, 0.4) is 0 Å². The summed E-state index contributed by atoms with van der Waals surface area (Å²) in [5.41, 5.74) is 2.07. The van der Waals surface area contributed by atoms with Crippen molar-refractivity contribution in [2.45, 2.75) is 90.3 Å². The standard InChI is InChI=1S/C54H48N4O8S2/c59-45-33-19-29-15-7-8-16-30(29)20-34(33)46(60)43(45)57-53-55-41-39(51(63)65-25-27-11-3-1-4-12-27)23-37-38(49(41)67-53)24-40(52(64)66-26-28-13-5-2-6-14-28)42-50(37)68-54(56-42)58-44-47(61)35-21-31-17-9-10-18-32(31)22-36(35)48(44)62/h1-6,11-14,23-24,29-36H,7-10,15-22,25-26H2. The third kappa shape index (κ3) is 7.54. The van der Waals surface area contributed by atoms with E-state index in [9.17, 15) is 28.8 Å². The number of thiazole rings is 2. The van der Waals surface area contributed by atoms with Crippen molar-refractivity contribution in [3.05, 3.63) is 95.1 Å². The number of carbonyl (C=O) groups excluding carboxylic acids is 6. The van der Waals surface area contributed by atoms with Gasteiger partial charge in [0.2, 0.25) is 10.3 Å². The number of hydrogen-bond donors (Lipinski definition) is 0. The van der Waals surface area contributed by atoms with Gasteiger partial charge in [-0.25, -0.2) is 29.5 Å². The first-order valence-electron chi connectivity index (χ1n) is 24.1. The van der Waals surface area contributed by atoms with Crippen LogP contribution in [0.2, 0.25) is 0 Å². The Labute approximate surface area is 399 Å². The van der Waals surface area contributed by atoms with Gasteiger partial charge in [-0.15, -0.1) is 0 Å². The lowest BCUT2D eigenvalue weighted by Crippen LogP contribution is -2.35. The maximum atomic E-state index is 14.3. The molecule has 14 heteroatoms. The summed E-state index contributed by atoms with van der Waals surface area (Å²) in [5.74, 6) is -2.06. The minimum absolute atomic E-state index is 0.0123. The van der Waals surface area contributed by atoms with Crippen molar-refractivity contribution in [1.82, 2.24) is 9.97 Å². The third-order valence-corrected chi connectivity index (χ3v) is 18.0. The number of benzene rings is 4. The molecular formula is C54H48N4O8S2. The van der Waals surface area contributed by atoms with E-state index in [4.69, 9.17) is 29.4 Å². The molecule has 0 spiro atoms. The van der Waals surface area contributed by atoms with Gasteiger partial charge in [0.15, 0.2) is 34.6 Å². The molecule has 2 heterocycles. The third-order valence-electron chi connectivity index (χ3n) is 16.0. The number of Topliss-reactive ketones (excluding diaryl/α,β-unsaturated/α-hetero) is 4. The average molecular weight is 945 g/mol. The van der Waals surface area contributed by atoms with Crippen LogP contribution in [-0.4, -0.2) is 56.5 Å². The molecule has 0 amide bonds. The number of aromatic nitrogens is 2. The molecule has 0 radical (unpaired) electrons. The lowest BCUT2D eigenvalue weighted by Gasteiger charge is -2.39. The molecule has 8 unspecified atom stereocenters. The lowest BCUT2D eigenvalue weighted by atomic mass is 9.64. The predicted octanol–water partition coefficient (Wildman–Crippen LogP) is 10.9. The fourth-order valence-electron chi connectivity index (χ4n) is 12.6. The van der Waals surface area contributed by atoms with E-state index in [-0.39, 0.29) is 104 Å². The fourth-order valence-corrected chi connectivity index (χ4v) is 14.6. The van der Waals surface area contributed by atoms with E-state index >= 15 is 0 Å². The van der Waals surface area contributed by atoms with Gasteiger partial charge in [0, 0.05) is 34.4 Å². The fraction of sp³-hybridized carbons (Fsp3) is 0.407. The molecule has 6 fully saturated rings. The number of aliphatic imine (C=N–C) groups is 2. The van der Waals surface area contributed by atoms with Gasteiger partial charge in [0.1, 0.15) is 13.2 Å². The summed E-state index contributed by atoms with van der Waals surface area (Å²) < 4.78 is 12.8. The number of ether oxygens (including phenoxy) is 2. The van der Waals surface area contributed by atoms with Crippen molar-refractivity contribution in [1.29, 1.82) is 0 Å². The average Bonchev–Trinajstić information content (AvgIpc) is 4.11. The molecular weight excluding hydrogens is 897 g/mol. The Morgan fingerprint density at radius 3 is 1.19 bits per heavy atom. The van der Waals surface area contributed by atoms with E-state index in [1.807, 2.05) is 60.7 Å². The number of carbonyl (C=O) groups is 6. The van der Waals surface area contributed by atoms with Crippen molar-refractivity contribution < 1.29 is 38.2 Å². The van der Waals surface area contributed by atoms with Gasteiger partial charge in [0.25, 0.3) is 0 Å². The summed E-state index contributed by atoms with van der Waals surface area (Å²) in [6.07, 6.45) is 11.7. The van der Waals surface area contributed by atoms with Crippen molar-refractivity contribution >= 4 is 111 Å². The van der Waals surface area contributed by atoms with Crippen LogP contribution in [0.15, 0.2) is 82.8 Å². The Morgan fingerprint density at radius 2 is 0.853 bits per heavy atom. The van der Waals surface area contributed by atoms with Gasteiger partial charge in [-0.2, -0.15) is 0 Å². The number of rotatable bonds is 8. The molecule has 68 heavy (non-hydrogen) atoms. The number of fused-ring (bicyclic) bond motifs is 9. The van der Waals surface area contributed by atoms with Crippen LogP contribution < -0.4 is 0 Å². The van der Waals surface area contributed by atoms with Crippen molar-refractivity contribution in [3.63, 3.8) is 0 Å². The number of nitrogens with zero attached hydrogens (tertiary/aromatic N) is 4. The number of hydrogen-bond acceptors (Lipinski definition) is 14. The zero-order chi connectivity index (χ0) is 46.2. The van der Waals surface area contributed by atoms with Crippen LogP contribution >= 0.6 is 22.7 Å². The highest BCUT2D eigenvalue weighted by Gasteiger charge is 2.53. The first kappa shape index (κ1) is 43.2. The van der Waals surface area contributed by atoms with Crippen molar-refractivity contribution in [3.8, 4) is 0 Å². The van der Waals surface area contributed by atoms with Crippen LogP contribution in [0, 0.1) is 47.3 Å². The van der Waals surface area contributed by atoms with E-state index in [0.717, 1.165) is 85.2 Å². The molecule has 0 aliphatic heterocycles. The summed E-state index contributed by atoms with van der Waals surface area (Å²) in [7, 11) is 0. The van der Waals surface area contributed by atoms with Crippen LogP contribution in [0.1, 0.15) is 109 Å². The molecule has 8 atom stereocenters. The highest BCUT2D eigenvalue weighted by Crippen LogP contribution is 2.51. The Morgan fingerprint density at radius 1 is 0.515 bits per heavy atom. The van der Waals surface area contributed by atoms with Crippen LogP contribution in [0.4, 0.5) is 10.3 Å². The van der Waals surface area contributed by atoms with Gasteiger partial charge < -0.3 is 9.47 Å².